The first-order valence-electron chi connectivity index (χ1n) is 6.37. The van der Waals surface area contributed by atoms with Gasteiger partial charge < -0.3 is 16.0 Å². The standard InChI is InChI=1S/C14H16BrN3O/c1-8-2-4-18(5-3-8)12-7-11-9(6-10(12)15)13(16)14(19)17-11/h2,6-7,13H,3-5,16H2,1H3,(H,17,19). The van der Waals surface area contributed by atoms with Crippen molar-refractivity contribution in [3.05, 3.63) is 33.8 Å². The van der Waals surface area contributed by atoms with E-state index in [1.807, 2.05) is 12.1 Å². The minimum Gasteiger partial charge on any atom is -0.367 e. The van der Waals surface area contributed by atoms with E-state index in [0.29, 0.717) is 0 Å². The number of fused-ring (bicyclic) bond motifs is 1. The van der Waals surface area contributed by atoms with Crippen molar-refractivity contribution in [2.24, 2.45) is 5.73 Å². The maximum atomic E-state index is 11.6. The second-order valence-electron chi connectivity index (χ2n) is 5.10. The number of amides is 1. The van der Waals surface area contributed by atoms with Crippen LogP contribution in [0.3, 0.4) is 0 Å². The molecule has 0 saturated carbocycles. The highest BCUT2D eigenvalue weighted by molar-refractivity contribution is 9.10. The van der Waals surface area contributed by atoms with E-state index in [9.17, 15) is 4.79 Å². The molecule has 3 N–H and O–H groups in total. The summed E-state index contributed by atoms with van der Waals surface area (Å²) in [5.41, 5.74) is 10.1. The number of halogens is 1. The molecule has 0 fully saturated rings. The molecule has 1 atom stereocenters. The van der Waals surface area contributed by atoms with Crippen LogP contribution in [0.4, 0.5) is 11.4 Å². The molecule has 100 valence electrons. The lowest BCUT2D eigenvalue weighted by atomic mass is 10.1. The van der Waals surface area contributed by atoms with Crippen LogP contribution in [0.25, 0.3) is 0 Å². The molecule has 1 aromatic rings. The first kappa shape index (κ1) is 12.7. The van der Waals surface area contributed by atoms with Crippen molar-refractivity contribution < 1.29 is 4.79 Å². The van der Waals surface area contributed by atoms with Crippen molar-refractivity contribution in [2.75, 3.05) is 23.3 Å². The van der Waals surface area contributed by atoms with Gasteiger partial charge in [0, 0.05) is 28.8 Å². The number of anilines is 2. The fourth-order valence-electron chi connectivity index (χ4n) is 2.53. The Labute approximate surface area is 120 Å². The molecule has 2 aliphatic heterocycles. The van der Waals surface area contributed by atoms with Crippen LogP contribution in [0.5, 0.6) is 0 Å². The molecule has 1 unspecified atom stereocenters. The number of carbonyl (C=O) groups excluding carboxylic acids is 1. The first-order valence-corrected chi connectivity index (χ1v) is 7.16. The van der Waals surface area contributed by atoms with E-state index in [1.54, 1.807) is 0 Å². The fraction of sp³-hybridized carbons (Fsp3) is 0.357. The molecule has 4 nitrogen and oxygen atoms in total. The number of carbonyl (C=O) groups is 1. The fourth-order valence-corrected chi connectivity index (χ4v) is 3.14. The van der Waals surface area contributed by atoms with Crippen LogP contribution in [0.1, 0.15) is 24.9 Å². The lowest BCUT2D eigenvalue weighted by Gasteiger charge is -2.29. The number of benzene rings is 1. The number of nitrogens with one attached hydrogen (secondary N) is 1. The van der Waals surface area contributed by atoms with E-state index >= 15 is 0 Å². The van der Waals surface area contributed by atoms with E-state index in [0.717, 1.165) is 40.9 Å². The largest absolute Gasteiger partial charge is 0.367 e. The van der Waals surface area contributed by atoms with E-state index in [1.165, 1.54) is 5.57 Å². The smallest absolute Gasteiger partial charge is 0.245 e. The summed E-state index contributed by atoms with van der Waals surface area (Å²) < 4.78 is 0.992. The highest BCUT2D eigenvalue weighted by Gasteiger charge is 2.29. The van der Waals surface area contributed by atoms with Gasteiger partial charge in [0.25, 0.3) is 0 Å². The van der Waals surface area contributed by atoms with Crippen LogP contribution < -0.4 is 16.0 Å². The average molecular weight is 322 g/mol. The Hall–Kier alpha value is -1.33. The molecule has 0 spiro atoms. The molecule has 1 aromatic carbocycles. The molecular formula is C14H16BrN3O. The van der Waals surface area contributed by atoms with Crippen LogP contribution in [-0.2, 0) is 4.79 Å². The van der Waals surface area contributed by atoms with E-state index in [4.69, 9.17) is 5.73 Å². The number of rotatable bonds is 1. The molecule has 19 heavy (non-hydrogen) atoms. The van der Waals surface area contributed by atoms with Crippen LogP contribution in [-0.4, -0.2) is 19.0 Å². The lowest BCUT2D eigenvalue weighted by molar-refractivity contribution is -0.116. The highest BCUT2D eigenvalue weighted by Crippen LogP contribution is 2.38. The number of hydrogen-bond donors (Lipinski definition) is 2. The van der Waals surface area contributed by atoms with Crippen LogP contribution in [0, 0.1) is 0 Å². The zero-order chi connectivity index (χ0) is 13.6. The molecule has 0 saturated heterocycles. The second-order valence-corrected chi connectivity index (χ2v) is 5.96. The van der Waals surface area contributed by atoms with E-state index in [2.05, 4.69) is 39.1 Å². The van der Waals surface area contributed by atoms with Crippen molar-refractivity contribution in [3.8, 4) is 0 Å². The normalized spacial score (nSPS) is 22.1. The SMILES string of the molecule is CC1=CCN(c2cc3c(cc2Br)C(N)C(=O)N3)CC1. The molecule has 0 bridgehead atoms. The molecule has 1 amide bonds. The summed E-state index contributed by atoms with van der Waals surface area (Å²) in [7, 11) is 0. The van der Waals surface area contributed by atoms with Crippen LogP contribution in [0.15, 0.2) is 28.3 Å². The van der Waals surface area contributed by atoms with Crippen molar-refractivity contribution >= 4 is 33.2 Å². The second kappa shape index (κ2) is 4.65. The number of nitrogens with two attached hydrogens (primary N) is 1. The van der Waals surface area contributed by atoms with Gasteiger partial charge in [-0.15, -0.1) is 0 Å². The molecule has 2 heterocycles. The lowest BCUT2D eigenvalue weighted by Crippen LogP contribution is -2.28. The Kier molecular flexibility index (Phi) is 3.11. The monoisotopic (exact) mass is 321 g/mol. The summed E-state index contributed by atoms with van der Waals surface area (Å²) in [5.74, 6) is -0.131. The van der Waals surface area contributed by atoms with Gasteiger partial charge >= 0.3 is 0 Å². The zero-order valence-electron chi connectivity index (χ0n) is 10.7. The molecule has 0 aliphatic carbocycles. The van der Waals surface area contributed by atoms with Gasteiger partial charge in [-0.3, -0.25) is 4.79 Å². The van der Waals surface area contributed by atoms with Gasteiger partial charge in [0.05, 0.1) is 5.69 Å². The Morgan fingerprint density at radius 2 is 2.26 bits per heavy atom. The summed E-state index contributed by atoms with van der Waals surface area (Å²) >= 11 is 3.59. The zero-order valence-corrected chi connectivity index (χ0v) is 12.3. The molecule has 0 aromatic heterocycles. The van der Waals surface area contributed by atoms with Crippen LogP contribution in [0.2, 0.25) is 0 Å². The minimum atomic E-state index is -0.552. The average Bonchev–Trinajstić information content (AvgIpc) is 2.66. The molecule has 5 heteroatoms. The van der Waals surface area contributed by atoms with Gasteiger partial charge in [-0.05, 0) is 41.4 Å². The summed E-state index contributed by atoms with van der Waals surface area (Å²) in [4.78, 5) is 13.9. The van der Waals surface area contributed by atoms with Crippen molar-refractivity contribution in [2.45, 2.75) is 19.4 Å². The van der Waals surface area contributed by atoms with Crippen molar-refractivity contribution in [3.63, 3.8) is 0 Å². The van der Waals surface area contributed by atoms with E-state index < -0.39 is 6.04 Å². The molecule has 3 rings (SSSR count). The van der Waals surface area contributed by atoms with Gasteiger partial charge in [-0.1, -0.05) is 11.6 Å². The molecular weight excluding hydrogens is 306 g/mol. The van der Waals surface area contributed by atoms with E-state index in [-0.39, 0.29) is 5.91 Å². The molecule has 2 aliphatic rings. The maximum absolute atomic E-state index is 11.6. The third-order valence-corrected chi connectivity index (χ3v) is 4.41. The van der Waals surface area contributed by atoms with Crippen molar-refractivity contribution in [1.82, 2.24) is 0 Å². The van der Waals surface area contributed by atoms with Gasteiger partial charge in [0.2, 0.25) is 5.91 Å². The third-order valence-electron chi connectivity index (χ3n) is 3.77. The summed E-state index contributed by atoms with van der Waals surface area (Å²) in [6, 6.07) is 3.42. The van der Waals surface area contributed by atoms with Gasteiger partial charge in [-0.25, -0.2) is 0 Å². The Balaban J connectivity index is 1.97. The predicted octanol–water partition coefficient (Wildman–Crippen LogP) is 2.56. The topological polar surface area (TPSA) is 58.4 Å². The summed E-state index contributed by atoms with van der Waals surface area (Å²) in [6.07, 6.45) is 3.32. The van der Waals surface area contributed by atoms with Crippen LogP contribution >= 0.6 is 15.9 Å². The van der Waals surface area contributed by atoms with Gasteiger partial charge in [0.1, 0.15) is 6.04 Å². The predicted molar refractivity (Wildman–Crippen MR) is 80.3 cm³/mol. The minimum absolute atomic E-state index is 0.131. The Bertz CT molecular complexity index is 582. The Morgan fingerprint density at radius 1 is 1.47 bits per heavy atom. The summed E-state index contributed by atoms with van der Waals surface area (Å²) in [5, 5.41) is 2.84. The summed E-state index contributed by atoms with van der Waals surface area (Å²) in [6.45, 7) is 4.07. The highest BCUT2D eigenvalue weighted by atomic mass is 79.9. The Morgan fingerprint density at radius 3 is 2.95 bits per heavy atom. The van der Waals surface area contributed by atoms with Gasteiger partial charge in [0.15, 0.2) is 0 Å². The third kappa shape index (κ3) is 2.17. The molecule has 0 radical (unpaired) electrons. The quantitative estimate of drug-likeness (QED) is 0.781. The maximum Gasteiger partial charge on any atom is 0.245 e. The van der Waals surface area contributed by atoms with Crippen molar-refractivity contribution in [1.29, 1.82) is 0 Å². The number of hydrogen-bond acceptors (Lipinski definition) is 3. The number of nitrogens with zero attached hydrogens (tertiary/aromatic N) is 1. The first-order chi connectivity index (χ1) is 9.06. The van der Waals surface area contributed by atoms with Gasteiger partial charge in [-0.2, -0.15) is 0 Å².